The van der Waals surface area contributed by atoms with E-state index in [1.807, 2.05) is 13.8 Å². The van der Waals surface area contributed by atoms with E-state index >= 15 is 0 Å². The first-order valence-electron chi connectivity index (χ1n) is 6.32. The molecule has 1 fully saturated rings. The van der Waals surface area contributed by atoms with E-state index in [-0.39, 0.29) is 24.3 Å². The molecule has 0 unspecified atom stereocenters. The summed E-state index contributed by atoms with van der Waals surface area (Å²) < 4.78 is 5.17. The van der Waals surface area contributed by atoms with E-state index in [0.29, 0.717) is 26.3 Å². The number of carbonyl (C=O) groups is 2. The van der Waals surface area contributed by atoms with Crippen LogP contribution in [-0.4, -0.2) is 49.6 Å². The van der Waals surface area contributed by atoms with Crippen molar-refractivity contribution in [3.05, 3.63) is 0 Å². The average molecular weight is 242 g/mol. The van der Waals surface area contributed by atoms with Crippen molar-refractivity contribution in [2.45, 2.75) is 26.7 Å². The molecule has 0 aromatic carbocycles. The van der Waals surface area contributed by atoms with E-state index in [4.69, 9.17) is 4.74 Å². The minimum absolute atomic E-state index is 0.0170. The number of nitrogens with zero attached hydrogens (tertiary/aromatic N) is 1. The molecule has 5 heteroatoms. The van der Waals surface area contributed by atoms with Crippen molar-refractivity contribution in [2.75, 3.05) is 32.8 Å². The van der Waals surface area contributed by atoms with Crippen molar-refractivity contribution in [3.8, 4) is 0 Å². The zero-order valence-corrected chi connectivity index (χ0v) is 10.7. The fourth-order valence-corrected chi connectivity index (χ4v) is 1.89. The van der Waals surface area contributed by atoms with Crippen LogP contribution in [0.15, 0.2) is 0 Å². The first-order valence-corrected chi connectivity index (χ1v) is 6.32. The predicted molar refractivity (Wildman–Crippen MR) is 64.5 cm³/mol. The molecule has 5 nitrogen and oxygen atoms in total. The third-order valence-electron chi connectivity index (χ3n) is 3.13. The van der Waals surface area contributed by atoms with Crippen LogP contribution in [0, 0.1) is 5.92 Å². The highest BCUT2D eigenvalue weighted by atomic mass is 16.5. The van der Waals surface area contributed by atoms with Crippen LogP contribution in [0.5, 0.6) is 0 Å². The van der Waals surface area contributed by atoms with Crippen molar-refractivity contribution < 1.29 is 14.3 Å². The van der Waals surface area contributed by atoms with Gasteiger partial charge in [-0.3, -0.25) is 9.59 Å². The van der Waals surface area contributed by atoms with Crippen molar-refractivity contribution in [3.63, 3.8) is 0 Å². The number of rotatable bonds is 5. The highest BCUT2D eigenvalue weighted by Crippen LogP contribution is 2.06. The van der Waals surface area contributed by atoms with Gasteiger partial charge in [-0.15, -0.1) is 0 Å². The van der Waals surface area contributed by atoms with Crippen LogP contribution in [0.25, 0.3) is 0 Å². The molecule has 0 spiro atoms. The summed E-state index contributed by atoms with van der Waals surface area (Å²) in [7, 11) is 0. The van der Waals surface area contributed by atoms with Crippen LogP contribution in [0.2, 0.25) is 0 Å². The molecule has 1 N–H and O–H groups in total. The lowest BCUT2D eigenvalue weighted by Gasteiger charge is -2.27. The monoisotopic (exact) mass is 242 g/mol. The Kier molecular flexibility index (Phi) is 5.97. The van der Waals surface area contributed by atoms with Gasteiger partial charge in [0, 0.05) is 19.0 Å². The fraction of sp³-hybridized carbons (Fsp3) is 0.833. The Morgan fingerprint density at radius 3 is 2.35 bits per heavy atom. The van der Waals surface area contributed by atoms with Gasteiger partial charge in [-0.25, -0.2) is 0 Å². The Balaban J connectivity index is 2.29. The second kappa shape index (κ2) is 7.27. The molecule has 0 radical (unpaired) electrons. The molecule has 98 valence electrons. The second-order valence-electron chi connectivity index (χ2n) is 4.22. The molecule has 0 atom stereocenters. The lowest BCUT2D eigenvalue weighted by Crippen LogP contribution is -2.46. The van der Waals surface area contributed by atoms with Crippen LogP contribution in [0.3, 0.4) is 0 Å². The third kappa shape index (κ3) is 4.34. The van der Waals surface area contributed by atoms with Crippen LogP contribution in [0.4, 0.5) is 0 Å². The Bertz CT molecular complexity index is 258. The minimum atomic E-state index is -0.0207. The molecule has 0 aliphatic carbocycles. The molecular formula is C12H22N2O3. The zero-order chi connectivity index (χ0) is 12.7. The maximum atomic E-state index is 11.8. The Morgan fingerprint density at radius 1 is 1.24 bits per heavy atom. The van der Waals surface area contributed by atoms with E-state index < -0.39 is 0 Å². The maximum Gasteiger partial charge on any atom is 0.242 e. The molecule has 1 heterocycles. The molecule has 1 aliphatic heterocycles. The van der Waals surface area contributed by atoms with Crippen molar-refractivity contribution in [1.82, 2.24) is 10.2 Å². The van der Waals surface area contributed by atoms with Gasteiger partial charge in [0.05, 0.1) is 19.8 Å². The molecule has 0 bridgehead atoms. The molecule has 2 amide bonds. The van der Waals surface area contributed by atoms with Gasteiger partial charge >= 0.3 is 0 Å². The third-order valence-corrected chi connectivity index (χ3v) is 3.13. The Hall–Kier alpha value is -1.10. The smallest absolute Gasteiger partial charge is 0.242 e. The summed E-state index contributed by atoms with van der Waals surface area (Å²) >= 11 is 0. The minimum Gasteiger partial charge on any atom is -0.378 e. The highest BCUT2D eigenvalue weighted by molar-refractivity contribution is 5.85. The Morgan fingerprint density at radius 2 is 1.82 bits per heavy atom. The standard InChI is InChI=1S/C12H22N2O3/c1-3-10(4-2)12(16)13-9-11(15)14-5-7-17-8-6-14/h10H,3-9H2,1-2H3,(H,13,16). The van der Waals surface area contributed by atoms with Crippen LogP contribution in [-0.2, 0) is 14.3 Å². The van der Waals surface area contributed by atoms with Gasteiger partial charge in [-0.05, 0) is 12.8 Å². The Labute approximate surface area is 102 Å². The van der Waals surface area contributed by atoms with E-state index in [9.17, 15) is 9.59 Å². The number of morpholine rings is 1. The zero-order valence-electron chi connectivity index (χ0n) is 10.7. The average Bonchev–Trinajstić information content (AvgIpc) is 2.38. The first kappa shape index (κ1) is 14.0. The number of ether oxygens (including phenoxy) is 1. The lowest BCUT2D eigenvalue weighted by molar-refractivity contribution is -0.137. The number of amides is 2. The molecule has 1 aliphatic rings. The summed E-state index contributed by atoms with van der Waals surface area (Å²) in [5.41, 5.74) is 0. The molecule has 1 saturated heterocycles. The largest absolute Gasteiger partial charge is 0.378 e. The molecular weight excluding hydrogens is 220 g/mol. The summed E-state index contributed by atoms with van der Waals surface area (Å²) in [6.07, 6.45) is 1.63. The van der Waals surface area contributed by atoms with Crippen LogP contribution >= 0.6 is 0 Å². The predicted octanol–water partition coefficient (Wildman–Crippen LogP) is 0.398. The summed E-state index contributed by atoms with van der Waals surface area (Å²) in [4.78, 5) is 25.2. The normalized spacial score (nSPS) is 16.1. The SMILES string of the molecule is CCC(CC)C(=O)NCC(=O)N1CCOCC1. The fourth-order valence-electron chi connectivity index (χ4n) is 1.89. The molecule has 0 saturated carbocycles. The molecule has 0 aromatic heterocycles. The van der Waals surface area contributed by atoms with E-state index in [2.05, 4.69) is 5.32 Å². The van der Waals surface area contributed by atoms with Gasteiger partial charge < -0.3 is 15.0 Å². The van der Waals surface area contributed by atoms with Gasteiger partial charge in [-0.2, -0.15) is 0 Å². The van der Waals surface area contributed by atoms with Gasteiger partial charge in [0.1, 0.15) is 0 Å². The molecule has 0 aromatic rings. The van der Waals surface area contributed by atoms with Gasteiger partial charge in [0.15, 0.2) is 0 Å². The van der Waals surface area contributed by atoms with Gasteiger partial charge in [0.2, 0.25) is 11.8 Å². The van der Waals surface area contributed by atoms with Gasteiger partial charge in [-0.1, -0.05) is 13.8 Å². The highest BCUT2D eigenvalue weighted by Gasteiger charge is 2.19. The van der Waals surface area contributed by atoms with E-state index in [1.165, 1.54) is 0 Å². The van der Waals surface area contributed by atoms with Gasteiger partial charge in [0.25, 0.3) is 0 Å². The van der Waals surface area contributed by atoms with Crippen LogP contribution < -0.4 is 5.32 Å². The van der Waals surface area contributed by atoms with Crippen molar-refractivity contribution in [2.24, 2.45) is 5.92 Å². The topological polar surface area (TPSA) is 58.6 Å². The lowest BCUT2D eigenvalue weighted by atomic mass is 10.0. The molecule has 17 heavy (non-hydrogen) atoms. The number of nitrogens with one attached hydrogen (secondary N) is 1. The number of carbonyl (C=O) groups excluding carboxylic acids is 2. The molecule has 1 rings (SSSR count). The summed E-state index contributed by atoms with van der Waals surface area (Å²) in [6.45, 7) is 6.50. The summed E-state index contributed by atoms with van der Waals surface area (Å²) in [5.74, 6) is -0.0169. The van der Waals surface area contributed by atoms with Crippen molar-refractivity contribution >= 4 is 11.8 Å². The first-order chi connectivity index (χ1) is 8.19. The van der Waals surface area contributed by atoms with Crippen LogP contribution in [0.1, 0.15) is 26.7 Å². The maximum absolute atomic E-state index is 11.8. The number of hydrogen-bond acceptors (Lipinski definition) is 3. The second-order valence-corrected chi connectivity index (χ2v) is 4.22. The van der Waals surface area contributed by atoms with Crippen molar-refractivity contribution in [1.29, 1.82) is 0 Å². The number of hydrogen-bond donors (Lipinski definition) is 1. The quantitative estimate of drug-likeness (QED) is 0.759. The van der Waals surface area contributed by atoms with E-state index in [0.717, 1.165) is 12.8 Å². The summed E-state index contributed by atoms with van der Waals surface area (Å²) in [6, 6.07) is 0. The van der Waals surface area contributed by atoms with E-state index in [1.54, 1.807) is 4.90 Å². The summed E-state index contributed by atoms with van der Waals surface area (Å²) in [5, 5.41) is 2.71.